The van der Waals surface area contributed by atoms with Gasteiger partial charge in [0.25, 0.3) is 5.91 Å². The van der Waals surface area contributed by atoms with Crippen LogP contribution in [0.2, 0.25) is 0 Å². The van der Waals surface area contributed by atoms with E-state index in [0.717, 1.165) is 12.8 Å². The molecule has 4 fully saturated rings. The van der Waals surface area contributed by atoms with Crippen molar-refractivity contribution in [3.63, 3.8) is 0 Å². The first-order valence-corrected chi connectivity index (χ1v) is 14.2. The van der Waals surface area contributed by atoms with Crippen LogP contribution in [-0.2, 0) is 14.4 Å². The van der Waals surface area contributed by atoms with Crippen molar-refractivity contribution in [3.05, 3.63) is 11.3 Å². The van der Waals surface area contributed by atoms with Crippen LogP contribution in [0.4, 0.5) is 13.2 Å². The Morgan fingerprint density at radius 3 is 2.26 bits per heavy atom. The van der Waals surface area contributed by atoms with Crippen molar-refractivity contribution in [1.82, 2.24) is 0 Å². The second-order valence-corrected chi connectivity index (χ2v) is 12.8. The van der Waals surface area contributed by atoms with E-state index in [4.69, 9.17) is 5.73 Å². The maximum absolute atomic E-state index is 13.8. The van der Waals surface area contributed by atoms with Crippen molar-refractivity contribution in [2.75, 3.05) is 0 Å². The van der Waals surface area contributed by atoms with Crippen molar-refractivity contribution in [2.45, 2.75) is 94.6 Å². The number of alkyl halides is 3. The summed E-state index contributed by atoms with van der Waals surface area (Å²) in [7, 11) is 0. The molecule has 0 radical (unpaired) electrons. The van der Waals surface area contributed by atoms with Crippen LogP contribution >= 0.6 is 0 Å². The van der Waals surface area contributed by atoms with Crippen molar-refractivity contribution in [2.24, 2.45) is 53.1 Å². The Morgan fingerprint density at radius 2 is 1.64 bits per heavy atom. The fourth-order valence-electron chi connectivity index (χ4n) is 8.83. The van der Waals surface area contributed by atoms with Gasteiger partial charge in [0.1, 0.15) is 23.2 Å². The third kappa shape index (κ3) is 4.72. The number of hydrogen-bond acceptors (Lipinski definition) is 7. The standard InChI is InChI=1S/C28H38F3NO7/c29-28(30,31)15-6-2-12(3-7-15)1-4-13-5-8-18(33)21-17(13)10-14-9-16-11-19(34)22(26(32)38)25(37)27(16,39)24(36)20(14)23(21)35/h12-18,20-21,24,33-34,36,39H,1-11H2,(H2,32,38)/t12?,13?,14-,15?,16+,17?,18?,20?,21?,24?,27+/m1/s1. The molecule has 8 nitrogen and oxygen atoms in total. The lowest BCUT2D eigenvalue weighted by atomic mass is 9.49. The SMILES string of the molecule is NC(=O)C1=C(O)C[C@@H]2C[C@@H]3CC4C(CCC5CCC(C(F)(F)F)CC5)CCC(O)C4C(=O)C3C(O)[C@]2(O)C1=O. The number of carbonyl (C=O) groups excluding carboxylic acids is 3. The van der Waals surface area contributed by atoms with Gasteiger partial charge >= 0.3 is 6.18 Å². The summed E-state index contributed by atoms with van der Waals surface area (Å²) in [5.74, 6) is -7.56. The van der Waals surface area contributed by atoms with Gasteiger partial charge in [-0.05, 0) is 81.5 Å². The molecule has 6 N–H and O–H groups in total. The van der Waals surface area contributed by atoms with E-state index < -0.39 is 76.5 Å². The summed E-state index contributed by atoms with van der Waals surface area (Å²) in [5.41, 5.74) is 2.05. The monoisotopic (exact) mass is 557 g/mol. The molecule has 0 aliphatic heterocycles. The van der Waals surface area contributed by atoms with E-state index in [1.165, 1.54) is 0 Å². The van der Waals surface area contributed by atoms with Crippen LogP contribution < -0.4 is 5.73 Å². The number of aliphatic hydroxyl groups excluding tert-OH is 3. The zero-order valence-corrected chi connectivity index (χ0v) is 21.8. The molecule has 4 saturated carbocycles. The molecule has 0 heterocycles. The molecule has 5 aliphatic carbocycles. The van der Waals surface area contributed by atoms with E-state index >= 15 is 0 Å². The van der Waals surface area contributed by atoms with Crippen molar-refractivity contribution in [3.8, 4) is 0 Å². The first kappa shape index (κ1) is 28.5. The lowest BCUT2D eigenvalue weighted by Gasteiger charge is -2.56. The molecule has 0 aromatic carbocycles. The van der Waals surface area contributed by atoms with E-state index in [1.807, 2.05) is 0 Å². The predicted octanol–water partition coefficient (Wildman–Crippen LogP) is 2.73. The number of fused-ring (bicyclic) bond motifs is 3. The number of carbonyl (C=O) groups is 3. The van der Waals surface area contributed by atoms with Gasteiger partial charge in [-0.2, -0.15) is 13.2 Å². The normalized spacial score (nSPS) is 44.9. The van der Waals surface area contributed by atoms with Gasteiger partial charge in [-0.25, -0.2) is 0 Å². The number of nitrogens with two attached hydrogens (primary N) is 1. The van der Waals surface area contributed by atoms with E-state index in [-0.39, 0.29) is 49.4 Å². The van der Waals surface area contributed by atoms with Crippen molar-refractivity contribution in [1.29, 1.82) is 0 Å². The number of aliphatic hydroxyl groups is 4. The Morgan fingerprint density at radius 1 is 0.974 bits per heavy atom. The Kier molecular flexibility index (Phi) is 7.42. The van der Waals surface area contributed by atoms with Crippen LogP contribution in [0.15, 0.2) is 11.3 Å². The first-order valence-electron chi connectivity index (χ1n) is 14.2. The van der Waals surface area contributed by atoms with Crippen LogP contribution in [0.1, 0.15) is 70.6 Å². The number of halogens is 3. The second kappa shape index (κ2) is 10.1. The number of amides is 1. The summed E-state index contributed by atoms with van der Waals surface area (Å²) in [5, 5.41) is 43.8. The number of primary amides is 1. The summed E-state index contributed by atoms with van der Waals surface area (Å²) in [6.07, 6.45) is -2.47. The topological polar surface area (TPSA) is 158 Å². The molecule has 6 unspecified atom stereocenters. The fourth-order valence-corrected chi connectivity index (χ4v) is 8.83. The maximum atomic E-state index is 13.8. The van der Waals surface area contributed by atoms with Crippen molar-refractivity contribution >= 4 is 17.5 Å². The number of hydrogen-bond donors (Lipinski definition) is 5. The quantitative estimate of drug-likeness (QED) is 0.333. The van der Waals surface area contributed by atoms with Crippen LogP contribution in [0.5, 0.6) is 0 Å². The Bertz CT molecular complexity index is 1050. The number of rotatable bonds is 4. The minimum Gasteiger partial charge on any atom is -0.511 e. The first-order chi connectivity index (χ1) is 18.2. The van der Waals surface area contributed by atoms with Crippen LogP contribution in [0.3, 0.4) is 0 Å². The average molecular weight is 558 g/mol. The molecule has 0 aromatic heterocycles. The van der Waals surface area contributed by atoms with Crippen LogP contribution in [0, 0.1) is 47.3 Å². The molecule has 1 amide bonds. The second-order valence-electron chi connectivity index (χ2n) is 12.8. The molecule has 0 spiro atoms. The molecule has 0 aromatic rings. The Hall–Kier alpha value is -1.98. The molecule has 9 atom stereocenters. The van der Waals surface area contributed by atoms with Gasteiger partial charge in [-0.3, -0.25) is 14.4 Å². The van der Waals surface area contributed by atoms with Gasteiger partial charge < -0.3 is 26.2 Å². The highest BCUT2D eigenvalue weighted by atomic mass is 19.4. The highest BCUT2D eigenvalue weighted by molar-refractivity contribution is 6.23. The summed E-state index contributed by atoms with van der Waals surface area (Å²) in [6, 6.07) is 0. The molecular weight excluding hydrogens is 519 g/mol. The average Bonchev–Trinajstić information content (AvgIpc) is 2.85. The number of Topliss-reactive ketones (excluding diaryl/α,β-unsaturated/α-hetero) is 2. The largest absolute Gasteiger partial charge is 0.511 e. The highest BCUT2D eigenvalue weighted by Crippen LogP contribution is 2.56. The molecule has 0 bridgehead atoms. The minimum atomic E-state index is -4.15. The van der Waals surface area contributed by atoms with E-state index in [2.05, 4.69) is 0 Å². The molecular formula is C28H38F3NO7. The molecule has 39 heavy (non-hydrogen) atoms. The third-order valence-electron chi connectivity index (χ3n) is 10.9. The Balaban J connectivity index is 1.32. The van der Waals surface area contributed by atoms with Crippen LogP contribution in [0.25, 0.3) is 0 Å². The molecule has 5 aliphatic rings. The molecule has 11 heteroatoms. The number of ketones is 2. The third-order valence-corrected chi connectivity index (χ3v) is 10.9. The van der Waals surface area contributed by atoms with Crippen molar-refractivity contribution < 1.29 is 48.0 Å². The summed E-state index contributed by atoms with van der Waals surface area (Å²) >= 11 is 0. The fraction of sp³-hybridized carbons (Fsp3) is 0.821. The number of allylic oxidation sites excluding steroid dienone is 1. The van der Waals surface area contributed by atoms with E-state index in [0.29, 0.717) is 32.1 Å². The smallest absolute Gasteiger partial charge is 0.391 e. The van der Waals surface area contributed by atoms with Gasteiger partial charge in [0.15, 0.2) is 5.60 Å². The van der Waals surface area contributed by atoms with Gasteiger partial charge in [0.05, 0.1) is 17.9 Å². The van der Waals surface area contributed by atoms with Gasteiger partial charge in [-0.15, -0.1) is 0 Å². The lowest BCUT2D eigenvalue weighted by Crippen LogP contribution is -2.68. The van der Waals surface area contributed by atoms with Gasteiger partial charge in [0, 0.05) is 18.3 Å². The summed E-state index contributed by atoms with van der Waals surface area (Å²) in [4.78, 5) is 38.7. The summed E-state index contributed by atoms with van der Waals surface area (Å²) < 4.78 is 39.1. The van der Waals surface area contributed by atoms with Gasteiger partial charge in [-0.1, -0.05) is 6.42 Å². The van der Waals surface area contributed by atoms with E-state index in [9.17, 15) is 48.0 Å². The predicted molar refractivity (Wildman–Crippen MR) is 131 cm³/mol. The molecule has 5 rings (SSSR count). The van der Waals surface area contributed by atoms with Crippen LogP contribution in [-0.4, -0.2) is 61.9 Å². The van der Waals surface area contributed by atoms with E-state index in [1.54, 1.807) is 0 Å². The highest BCUT2D eigenvalue weighted by Gasteiger charge is 2.65. The summed E-state index contributed by atoms with van der Waals surface area (Å²) in [6.45, 7) is 0. The maximum Gasteiger partial charge on any atom is 0.391 e. The zero-order chi connectivity index (χ0) is 28.4. The lowest BCUT2D eigenvalue weighted by molar-refractivity contribution is -0.201. The Labute approximate surface area is 224 Å². The van der Waals surface area contributed by atoms with Gasteiger partial charge in [0.2, 0.25) is 5.78 Å². The zero-order valence-electron chi connectivity index (χ0n) is 21.8. The minimum absolute atomic E-state index is 0.101. The molecule has 0 saturated heterocycles. The molecule has 218 valence electrons.